The second kappa shape index (κ2) is 9.71. The maximum atomic E-state index is 6.10. The second-order valence-corrected chi connectivity index (χ2v) is 5.73. The van der Waals surface area contributed by atoms with Gasteiger partial charge in [-0.1, -0.05) is 27.5 Å². The molecule has 0 heterocycles. The van der Waals surface area contributed by atoms with Gasteiger partial charge in [-0.25, -0.2) is 0 Å². The number of benzene rings is 1. The van der Waals surface area contributed by atoms with Crippen LogP contribution in [-0.4, -0.2) is 52.0 Å². The standard InChI is InChI=1S/C14H22BrClN2O2/c1-19-7-5-18(6-8-20-2)14(10-17)12-9-11(16)3-4-13(12)15/h3-4,9,14H,5-8,10,17H2,1-2H3. The van der Waals surface area contributed by atoms with Crippen LogP contribution in [0.5, 0.6) is 0 Å². The van der Waals surface area contributed by atoms with Crippen molar-refractivity contribution >= 4 is 27.5 Å². The summed E-state index contributed by atoms with van der Waals surface area (Å²) < 4.78 is 11.4. The Morgan fingerprint density at radius 1 is 1.25 bits per heavy atom. The molecule has 0 spiro atoms. The highest BCUT2D eigenvalue weighted by Gasteiger charge is 2.21. The summed E-state index contributed by atoms with van der Waals surface area (Å²) in [6.07, 6.45) is 0. The molecule has 114 valence electrons. The third-order valence-corrected chi connectivity index (χ3v) is 4.10. The van der Waals surface area contributed by atoms with E-state index in [4.69, 9.17) is 26.8 Å². The number of rotatable bonds is 9. The number of ether oxygens (including phenoxy) is 2. The van der Waals surface area contributed by atoms with Crippen molar-refractivity contribution in [2.24, 2.45) is 5.73 Å². The van der Waals surface area contributed by atoms with Crippen molar-refractivity contribution < 1.29 is 9.47 Å². The van der Waals surface area contributed by atoms with Gasteiger partial charge in [0.1, 0.15) is 0 Å². The minimum Gasteiger partial charge on any atom is -0.383 e. The van der Waals surface area contributed by atoms with Gasteiger partial charge in [0.15, 0.2) is 0 Å². The van der Waals surface area contributed by atoms with Crippen molar-refractivity contribution in [2.75, 3.05) is 47.1 Å². The van der Waals surface area contributed by atoms with E-state index in [0.29, 0.717) is 24.8 Å². The van der Waals surface area contributed by atoms with E-state index >= 15 is 0 Å². The number of nitrogens with two attached hydrogens (primary N) is 1. The third-order valence-electron chi connectivity index (χ3n) is 3.15. The van der Waals surface area contributed by atoms with Crippen molar-refractivity contribution in [1.82, 2.24) is 4.90 Å². The molecule has 4 nitrogen and oxygen atoms in total. The number of halogens is 2. The topological polar surface area (TPSA) is 47.7 Å². The van der Waals surface area contributed by atoms with E-state index in [1.807, 2.05) is 18.2 Å². The molecule has 1 aromatic rings. The molecule has 0 amide bonds. The Bertz CT molecular complexity index is 399. The van der Waals surface area contributed by atoms with Crippen molar-refractivity contribution in [2.45, 2.75) is 6.04 Å². The van der Waals surface area contributed by atoms with E-state index in [-0.39, 0.29) is 6.04 Å². The van der Waals surface area contributed by atoms with E-state index < -0.39 is 0 Å². The average molecular weight is 366 g/mol. The normalized spacial score (nSPS) is 12.9. The second-order valence-electron chi connectivity index (χ2n) is 4.44. The largest absolute Gasteiger partial charge is 0.383 e. The summed E-state index contributed by atoms with van der Waals surface area (Å²) in [6, 6.07) is 5.84. The maximum absolute atomic E-state index is 6.10. The highest BCUT2D eigenvalue weighted by molar-refractivity contribution is 9.10. The van der Waals surface area contributed by atoms with Crippen molar-refractivity contribution in [3.8, 4) is 0 Å². The lowest BCUT2D eigenvalue weighted by atomic mass is 10.1. The summed E-state index contributed by atoms with van der Waals surface area (Å²) in [5.74, 6) is 0. The van der Waals surface area contributed by atoms with Crippen LogP contribution in [0.2, 0.25) is 5.02 Å². The Labute approximate surface area is 134 Å². The summed E-state index contributed by atoms with van der Waals surface area (Å²) in [4.78, 5) is 2.25. The fraction of sp³-hybridized carbons (Fsp3) is 0.571. The molecule has 0 aliphatic heterocycles. The molecule has 0 saturated carbocycles. The number of hydrogen-bond acceptors (Lipinski definition) is 4. The fourth-order valence-electron chi connectivity index (χ4n) is 2.08. The first kappa shape index (κ1) is 17.9. The quantitative estimate of drug-likeness (QED) is 0.731. The smallest absolute Gasteiger partial charge is 0.0589 e. The van der Waals surface area contributed by atoms with E-state index in [2.05, 4.69) is 20.8 Å². The van der Waals surface area contributed by atoms with Gasteiger partial charge in [0, 0.05) is 49.4 Å². The average Bonchev–Trinajstić information content (AvgIpc) is 2.45. The van der Waals surface area contributed by atoms with Gasteiger partial charge in [0.2, 0.25) is 0 Å². The van der Waals surface area contributed by atoms with Crippen molar-refractivity contribution in [3.05, 3.63) is 33.3 Å². The van der Waals surface area contributed by atoms with Crippen LogP contribution in [0.3, 0.4) is 0 Å². The van der Waals surface area contributed by atoms with E-state index in [0.717, 1.165) is 23.1 Å². The van der Waals surface area contributed by atoms with Gasteiger partial charge in [0.05, 0.1) is 13.2 Å². The van der Waals surface area contributed by atoms with E-state index in [1.165, 1.54) is 0 Å². The molecule has 1 unspecified atom stereocenters. The lowest BCUT2D eigenvalue weighted by Gasteiger charge is -2.31. The van der Waals surface area contributed by atoms with Crippen LogP contribution in [0.1, 0.15) is 11.6 Å². The summed E-state index contributed by atoms with van der Waals surface area (Å²) in [5.41, 5.74) is 7.07. The monoisotopic (exact) mass is 364 g/mol. The van der Waals surface area contributed by atoms with Gasteiger partial charge in [-0.3, -0.25) is 4.90 Å². The zero-order valence-electron chi connectivity index (χ0n) is 11.9. The molecule has 0 radical (unpaired) electrons. The highest BCUT2D eigenvalue weighted by Crippen LogP contribution is 2.29. The van der Waals surface area contributed by atoms with Crippen molar-refractivity contribution in [1.29, 1.82) is 0 Å². The Morgan fingerprint density at radius 2 is 1.85 bits per heavy atom. The number of hydrogen-bond donors (Lipinski definition) is 1. The minimum absolute atomic E-state index is 0.0772. The molecule has 1 rings (SSSR count). The molecule has 0 bridgehead atoms. The van der Waals surface area contributed by atoms with Crippen molar-refractivity contribution in [3.63, 3.8) is 0 Å². The van der Waals surface area contributed by atoms with Crippen LogP contribution in [0.15, 0.2) is 22.7 Å². The summed E-state index contributed by atoms with van der Waals surface area (Å²) in [7, 11) is 3.39. The summed E-state index contributed by atoms with van der Waals surface area (Å²) >= 11 is 9.67. The molecule has 0 aliphatic rings. The van der Waals surface area contributed by atoms with Gasteiger partial charge in [-0.05, 0) is 23.8 Å². The Kier molecular flexibility index (Phi) is 8.68. The molecule has 0 aliphatic carbocycles. The fourth-order valence-corrected chi connectivity index (χ4v) is 2.77. The first-order valence-corrected chi connectivity index (χ1v) is 7.68. The zero-order valence-corrected chi connectivity index (χ0v) is 14.3. The molecule has 2 N–H and O–H groups in total. The Balaban J connectivity index is 2.94. The van der Waals surface area contributed by atoms with Crippen LogP contribution >= 0.6 is 27.5 Å². The molecule has 0 fully saturated rings. The van der Waals surface area contributed by atoms with Gasteiger partial charge < -0.3 is 15.2 Å². The molecular weight excluding hydrogens is 344 g/mol. The molecule has 1 atom stereocenters. The number of nitrogens with zero attached hydrogens (tertiary/aromatic N) is 1. The van der Waals surface area contributed by atoms with E-state index in [1.54, 1.807) is 14.2 Å². The van der Waals surface area contributed by atoms with Gasteiger partial charge >= 0.3 is 0 Å². The minimum atomic E-state index is 0.0772. The SMILES string of the molecule is COCCN(CCOC)C(CN)c1cc(Cl)ccc1Br. The lowest BCUT2D eigenvalue weighted by Crippen LogP contribution is -2.38. The first-order chi connectivity index (χ1) is 9.63. The summed E-state index contributed by atoms with van der Waals surface area (Å²) in [5, 5.41) is 0.708. The zero-order chi connectivity index (χ0) is 15.0. The third kappa shape index (κ3) is 5.31. The molecule has 20 heavy (non-hydrogen) atoms. The summed E-state index contributed by atoms with van der Waals surface area (Å²) in [6.45, 7) is 3.39. The molecule has 6 heteroatoms. The first-order valence-electron chi connectivity index (χ1n) is 6.51. The molecule has 0 aromatic heterocycles. The van der Waals surface area contributed by atoms with Crippen LogP contribution in [-0.2, 0) is 9.47 Å². The lowest BCUT2D eigenvalue weighted by molar-refractivity contribution is 0.0889. The van der Waals surface area contributed by atoms with E-state index in [9.17, 15) is 0 Å². The predicted octanol–water partition coefficient (Wildman–Crippen LogP) is 2.70. The van der Waals surface area contributed by atoms with Crippen LogP contribution in [0, 0.1) is 0 Å². The Hall–Kier alpha value is -0.170. The number of methoxy groups -OCH3 is 2. The van der Waals surface area contributed by atoms with Crippen LogP contribution in [0.25, 0.3) is 0 Å². The van der Waals surface area contributed by atoms with Crippen LogP contribution < -0.4 is 5.73 Å². The molecule has 0 saturated heterocycles. The predicted molar refractivity (Wildman–Crippen MR) is 86.3 cm³/mol. The molecule has 1 aromatic carbocycles. The maximum Gasteiger partial charge on any atom is 0.0589 e. The Morgan fingerprint density at radius 3 is 2.35 bits per heavy atom. The van der Waals surface area contributed by atoms with Gasteiger partial charge in [-0.15, -0.1) is 0 Å². The highest BCUT2D eigenvalue weighted by atomic mass is 79.9. The van der Waals surface area contributed by atoms with Gasteiger partial charge in [-0.2, -0.15) is 0 Å². The van der Waals surface area contributed by atoms with Crippen LogP contribution in [0.4, 0.5) is 0 Å². The van der Waals surface area contributed by atoms with Gasteiger partial charge in [0.25, 0.3) is 0 Å². The molecular formula is C14H22BrClN2O2.